The maximum Gasteiger partial charge on any atom is 0.266 e. The minimum absolute atomic E-state index is 0. The fourth-order valence-electron chi connectivity index (χ4n) is 3.73. The van der Waals surface area contributed by atoms with Gasteiger partial charge in [0.05, 0.1) is 27.6 Å². The maximum absolute atomic E-state index is 14.9. The summed E-state index contributed by atoms with van der Waals surface area (Å²) in [4.78, 5) is 5.51. The van der Waals surface area contributed by atoms with E-state index in [0.29, 0.717) is 16.8 Å². The van der Waals surface area contributed by atoms with Crippen molar-refractivity contribution in [2.45, 2.75) is 23.8 Å². The summed E-state index contributed by atoms with van der Waals surface area (Å²) < 4.78 is 42.4. The molecule has 1 fully saturated rings. The largest absolute Gasteiger partial charge is 0.368 e. The maximum atomic E-state index is 14.9. The molecule has 13 heteroatoms. The van der Waals surface area contributed by atoms with Gasteiger partial charge in [-0.1, -0.05) is 23.2 Å². The minimum Gasteiger partial charge on any atom is -0.368 e. The molecule has 0 amide bonds. The first-order valence-electron chi connectivity index (χ1n) is 10.2. The normalized spacial score (nSPS) is 16.1. The molecule has 0 radical (unpaired) electrons. The summed E-state index contributed by atoms with van der Waals surface area (Å²) in [7, 11) is -2.25. The van der Waals surface area contributed by atoms with Crippen molar-refractivity contribution in [3.63, 3.8) is 0 Å². The van der Waals surface area contributed by atoms with Gasteiger partial charge < -0.3 is 15.5 Å². The molecule has 2 aromatic carbocycles. The summed E-state index contributed by atoms with van der Waals surface area (Å²) in [5.74, 6) is -0.821. The summed E-state index contributed by atoms with van der Waals surface area (Å²) in [5, 5.41) is 8.60. The van der Waals surface area contributed by atoms with E-state index in [0.717, 1.165) is 43.8 Å². The number of sulfonamides is 1. The molecule has 1 saturated heterocycles. The van der Waals surface area contributed by atoms with Gasteiger partial charge >= 0.3 is 0 Å². The summed E-state index contributed by atoms with van der Waals surface area (Å²) in [5.41, 5.74) is 3.26. The standard InChI is InChI=1S/C21H22Cl2FN5O2S2.ClH/c1-25-14-3-2-6-29(10-14)19-7-13(22)4-5-17(19)27-18-9-16(24)20(8-15(18)23)33(30,31)28-21-11-32-12-26-21;/h4-5,7-9,11-12,14,25,27-28H,2-3,6,10H2,1H3;1H/t14-;/m1./s1. The van der Waals surface area contributed by atoms with Crippen molar-refractivity contribution in [1.29, 1.82) is 0 Å². The molecule has 1 aromatic heterocycles. The number of aromatic nitrogens is 1. The second kappa shape index (κ2) is 11.3. The lowest BCUT2D eigenvalue weighted by atomic mass is 10.0. The van der Waals surface area contributed by atoms with E-state index in [4.69, 9.17) is 23.2 Å². The lowest BCUT2D eigenvalue weighted by Crippen LogP contribution is -2.44. The van der Waals surface area contributed by atoms with Crippen LogP contribution in [0.25, 0.3) is 0 Å². The number of hydrogen-bond donors (Lipinski definition) is 3. The van der Waals surface area contributed by atoms with E-state index in [1.54, 1.807) is 12.1 Å². The van der Waals surface area contributed by atoms with Crippen LogP contribution in [0.2, 0.25) is 10.0 Å². The van der Waals surface area contributed by atoms with Gasteiger partial charge in [-0.2, -0.15) is 0 Å². The van der Waals surface area contributed by atoms with Crippen LogP contribution in [0.3, 0.4) is 0 Å². The number of nitrogens with zero attached hydrogens (tertiary/aromatic N) is 2. The molecular weight excluding hydrogens is 544 g/mol. The first kappa shape index (κ1) is 26.8. The number of nitrogens with one attached hydrogen (secondary N) is 3. The molecule has 7 nitrogen and oxygen atoms in total. The molecule has 184 valence electrons. The monoisotopic (exact) mass is 565 g/mol. The van der Waals surface area contributed by atoms with Crippen molar-refractivity contribution in [3.8, 4) is 0 Å². The zero-order chi connectivity index (χ0) is 23.6. The van der Waals surface area contributed by atoms with Crippen molar-refractivity contribution < 1.29 is 12.8 Å². The molecule has 34 heavy (non-hydrogen) atoms. The SMILES string of the molecule is CN[C@@H]1CCCN(c2cc(Cl)ccc2Nc2cc(F)c(S(=O)(=O)Nc3cscn3)cc2Cl)C1.Cl. The van der Waals surface area contributed by atoms with Crippen LogP contribution in [0.5, 0.6) is 0 Å². The Labute approximate surface area is 218 Å². The number of piperidine rings is 1. The first-order chi connectivity index (χ1) is 15.8. The lowest BCUT2D eigenvalue weighted by molar-refractivity contribution is 0.450. The highest BCUT2D eigenvalue weighted by molar-refractivity contribution is 7.92. The Hall–Kier alpha value is -1.82. The van der Waals surface area contributed by atoms with Gasteiger partial charge in [-0.15, -0.1) is 23.7 Å². The Kier molecular flexibility index (Phi) is 8.88. The Morgan fingerprint density at radius 2 is 2.00 bits per heavy atom. The Morgan fingerprint density at radius 3 is 2.71 bits per heavy atom. The van der Waals surface area contributed by atoms with Gasteiger partial charge in [0.15, 0.2) is 5.82 Å². The zero-order valence-corrected chi connectivity index (χ0v) is 22.0. The van der Waals surface area contributed by atoms with Crippen LogP contribution < -0.4 is 20.3 Å². The van der Waals surface area contributed by atoms with Crippen LogP contribution in [0.15, 0.2) is 46.1 Å². The van der Waals surface area contributed by atoms with Gasteiger partial charge in [0, 0.05) is 35.6 Å². The van der Waals surface area contributed by atoms with Gasteiger partial charge in [0.1, 0.15) is 10.7 Å². The van der Waals surface area contributed by atoms with Crippen molar-refractivity contribution in [2.24, 2.45) is 0 Å². The Balaban J connectivity index is 0.00000324. The van der Waals surface area contributed by atoms with Gasteiger partial charge in [0.2, 0.25) is 0 Å². The molecular formula is C21H23Cl3FN5O2S2. The van der Waals surface area contributed by atoms with Gasteiger partial charge in [-0.25, -0.2) is 17.8 Å². The molecule has 0 unspecified atom stereocenters. The Bertz CT molecular complexity index is 1250. The van der Waals surface area contributed by atoms with Crippen LogP contribution in [0.1, 0.15) is 12.8 Å². The molecule has 4 rings (SSSR count). The summed E-state index contributed by atoms with van der Waals surface area (Å²) >= 11 is 13.8. The summed E-state index contributed by atoms with van der Waals surface area (Å²) in [6.07, 6.45) is 2.10. The van der Waals surface area contributed by atoms with Crippen LogP contribution in [0.4, 0.5) is 27.3 Å². The third-order valence-electron chi connectivity index (χ3n) is 5.38. The molecule has 0 bridgehead atoms. The topological polar surface area (TPSA) is 86.4 Å². The summed E-state index contributed by atoms with van der Waals surface area (Å²) in [6, 6.07) is 7.88. The molecule has 1 aliphatic heterocycles. The fourth-order valence-corrected chi connectivity index (χ4v) is 5.82. The highest BCUT2D eigenvalue weighted by Gasteiger charge is 2.24. The van der Waals surface area contributed by atoms with Crippen LogP contribution >= 0.6 is 46.9 Å². The molecule has 0 aliphatic carbocycles. The third-order valence-corrected chi connectivity index (χ3v) is 7.89. The first-order valence-corrected chi connectivity index (χ1v) is 13.3. The van der Waals surface area contributed by atoms with Crippen molar-refractivity contribution in [1.82, 2.24) is 10.3 Å². The van der Waals surface area contributed by atoms with Crippen LogP contribution in [-0.4, -0.2) is 39.6 Å². The minimum atomic E-state index is -4.19. The molecule has 0 saturated carbocycles. The fraction of sp³-hybridized carbons (Fsp3) is 0.286. The van der Waals surface area contributed by atoms with Crippen molar-refractivity contribution in [2.75, 3.05) is 35.1 Å². The van der Waals surface area contributed by atoms with E-state index in [1.807, 2.05) is 13.1 Å². The predicted molar refractivity (Wildman–Crippen MR) is 141 cm³/mol. The van der Waals surface area contributed by atoms with E-state index >= 15 is 0 Å². The molecule has 3 N–H and O–H groups in total. The average molecular weight is 567 g/mol. The van der Waals surface area contributed by atoms with E-state index in [-0.39, 0.29) is 28.9 Å². The highest BCUT2D eigenvalue weighted by atomic mass is 35.5. The van der Waals surface area contributed by atoms with Gasteiger partial charge in [-0.3, -0.25) is 4.72 Å². The van der Waals surface area contributed by atoms with Crippen molar-refractivity contribution >= 4 is 79.8 Å². The number of halogens is 4. The van der Waals surface area contributed by atoms with Gasteiger partial charge in [0.25, 0.3) is 10.0 Å². The molecule has 0 spiro atoms. The van der Waals surface area contributed by atoms with Crippen LogP contribution in [0, 0.1) is 5.82 Å². The number of hydrogen-bond acceptors (Lipinski definition) is 7. The number of thiazole rings is 1. The van der Waals surface area contributed by atoms with E-state index in [9.17, 15) is 12.8 Å². The molecule has 1 atom stereocenters. The van der Waals surface area contributed by atoms with E-state index in [2.05, 4.69) is 25.2 Å². The molecule has 2 heterocycles. The van der Waals surface area contributed by atoms with Gasteiger partial charge in [-0.05, 0) is 44.2 Å². The number of anilines is 4. The number of benzene rings is 2. The second-order valence-corrected chi connectivity index (χ2v) is 10.8. The third kappa shape index (κ3) is 6.05. The summed E-state index contributed by atoms with van der Waals surface area (Å²) in [6.45, 7) is 1.65. The van der Waals surface area contributed by atoms with E-state index in [1.165, 1.54) is 22.2 Å². The smallest absolute Gasteiger partial charge is 0.266 e. The van der Waals surface area contributed by atoms with E-state index < -0.39 is 20.7 Å². The quantitative estimate of drug-likeness (QED) is 0.338. The Morgan fingerprint density at radius 1 is 1.21 bits per heavy atom. The average Bonchev–Trinajstić information content (AvgIpc) is 3.29. The van der Waals surface area contributed by atoms with Crippen molar-refractivity contribution in [3.05, 3.63) is 57.1 Å². The number of likely N-dealkylation sites (N-methyl/N-ethyl adjacent to an activating group) is 1. The number of rotatable bonds is 7. The van der Waals surface area contributed by atoms with Crippen LogP contribution in [-0.2, 0) is 10.0 Å². The zero-order valence-electron chi connectivity index (χ0n) is 18.0. The predicted octanol–water partition coefficient (Wildman–Crippen LogP) is 5.74. The molecule has 1 aliphatic rings. The lowest BCUT2D eigenvalue weighted by Gasteiger charge is -2.35. The highest BCUT2D eigenvalue weighted by Crippen LogP contribution is 2.37. The second-order valence-electron chi connectivity index (χ2n) is 7.60. The molecule has 3 aromatic rings.